The summed E-state index contributed by atoms with van der Waals surface area (Å²) >= 11 is 2.99. The topological polar surface area (TPSA) is 65.2 Å². The van der Waals surface area contributed by atoms with Gasteiger partial charge in [-0.2, -0.15) is 16.3 Å². The summed E-state index contributed by atoms with van der Waals surface area (Å²) in [7, 11) is 1.38. The molecule has 0 aromatic carbocycles. The molecule has 1 unspecified atom stereocenters. The summed E-state index contributed by atoms with van der Waals surface area (Å²) in [6.45, 7) is 1.78. The normalized spacial score (nSPS) is 12.3. The summed E-state index contributed by atoms with van der Waals surface area (Å²) in [4.78, 5) is 15.5. The van der Waals surface area contributed by atoms with Gasteiger partial charge in [0.2, 0.25) is 11.7 Å². The minimum atomic E-state index is -0.252. The predicted octanol–water partition coefficient (Wildman–Crippen LogP) is 2.59. The molecule has 0 amide bonds. The third-order valence-electron chi connectivity index (χ3n) is 2.24. The van der Waals surface area contributed by atoms with Gasteiger partial charge in [0.1, 0.15) is 5.25 Å². The van der Waals surface area contributed by atoms with Crippen LogP contribution in [0.1, 0.15) is 12.8 Å². The van der Waals surface area contributed by atoms with Crippen LogP contribution in [0.15, 0.2) is 21.3 Å². The van der Waals surface area contributed by atoms with Crippen molar-refractivity contribution in [2.24, 2.45) is 0 Å². The van der Waals surface area contributed by atoms with Gasteiger partial charge in [-0.1, -0.05) is 5.16 Å². The average molecular weight is 284 g/mol. The molecule has 2 heterocycles. The molecule has 0 aliphatic heterocycles. The number of thiophene rings is 1. The van der Waals surface area contributed by atoms with E-state index in [0.29, 0.717) is 17.5 Å². The number of aromatic nitrogens is 2. The highest BCUT2D eigenvalue weighted by atomic mass is 32.2. The Kier molecular flexibility index (Phi) is 4.38. The Morgan fingerprint density at radius 1 is 1.67 bits per heavy atom. The van der Waals surface area contributed by atoms with Crippen molar-refractivity contribution in [2.45, 2.75) is 17.9 Å². The number of hydrogen-bond acceptors (Lipinski definition) is 7. The minimum Gasteiger partial charge on any atom is -0.468 e. The zero-order valence-corrected chi connectivity index (χ0v) is 11.6. The van der Waals surface area contributed by atoms with Crippen molar-refractivity contribution >= 4 is 29.1 Å². The molecule has 0 bridgehead atoms. The molecule has 2 aromatic heterocycles. The highest BCUT2D eigenvalue weighted by molar-refractivity contribution is 7.99. The average Bonchev–Trinajstić information content (AvgIpc) is 3.04. The molecular formula is C11H12N2O3S2. The molecule has 2 rings (SSSR count). The lowest BCUT2D eigenvalue weighted by Gasteiger charge is -2.05. The molecule has 7 heteroatoms. The van der Waals surface area contributed by atoms with E-state index in [1.54, 1.807) is 18.3 Å². The number of carbonyl (C=O) groups is 1. The number of hydrogen-bond donors (Lipinski definition) is 0. The number of ether oxygens (including phenoxy) is 1. The number of carbonyl (C=O) groups excluding carboxylic acids is 1. The van der Waals surface area contributed by atoms with E-state index in [1.807, 2.05) is 16.8 Å². The SMILES string of the molecule is COC(=O)C(C)SCc1nc(-c2ccsc2)no1. The van der Waals surface area contributed by atoms with Gasteiger partial charge in [0.15, 0.2) is 0 Å². The molecule has 0 aliphatic carbocycles. The van der Waals surface area contributed by atoms with Crippen molar-refractivity contribution in [3.05, 3.63) is 22.7 Å². The van der Waals surface area contributed by atoms with Crippen LogP contribution in [0.5, 0.6) is 0 Å². The Morgan fingerprint density at radius 2 is 2.50 bits per heavy atom. The van der Waals surface area contributed by atoms with Crippen molar-refractivity contribution < 1.29 is 14.1 Å². The van der Waals surface area contributed by atoms with Crippen molar-refractivity contribution in [1.29, 1.82) is 0 Å². The number of esters is 1. The lowest BCUT2D eigenvalue weighted by molar-refractivity contribution is -0.139. The number of methoxy groups -OCH3 is 1. The van der Waals surface area contributed by atoms with Crippen molar-refractivity contribution in [3.8, 4) is 11.4 Å². The van der Waals surface area contributed by atoms with Gasteiger partial charge in [0, 0.05) is 10.9 Å². The number of thioether (sulfide) groups is 1. The molecule has 0 spiro atoms. The van der Waals surface area contributed by atoms with Crippen LogP contribution in [0.4, 0.5) is 0 Å². The molecule has 96 valence electrons. The Bertz CT molecular complexity index is 510. The fourth-order valence-corrected chi connectivity index (χ4v) is 2.63. The Hall–Kier alpha value is -1.34. The van der Waals surface area contributed by atoms with Gasteiger partial charge in [0.05, 0.1) is 12.9 Å². The summed E-state index contributed by atoms with van der Waals surface area (Å²) in [6, 6.07) is 1.93. The first-order chi connectivity index (χ1) is 8.70. The van der Waals surface area contributed by atoms with Gasteiger partial charge < -0.3 is 9.26 Å². The van der Waals surface area contributed by atoms with Crippen LogP contribution >= 0.6 is 23.1 Å². The minimum absolute atomic E-state index is 0.244. The summed E-state index contributed by atoms with van der Waals surface area (Å²) in [5, 5.41) is 7.56. The zero-order valence-electron chi connectivity index (χ0n) is 9.95. The largest absolute Gasteiger partial charge is 0.468 e. The van der Waals surface area contributed by atoms with E-state index in [1.165, 1.54) is 18.9 Å². The number of nitrogens with zero attached hydrogens (tertiary/aromatic N) is 2. The highest BCUT2D eigenvalue weighted by Crippen LogP contribution is 2.22. The maximum atomic E-state index is 11.2. The first-order valence-electron chi connectivity index (χ1n) is 5.25. The first kappa shape index (κ1) is 13.1. The molecule has 2 aromatic rings. The fourth-order valence-electron chi connectivity index (χ4n) is 1.25. The molecule has 0 fully saturated rings. The van der Waals surface area contributed by atoms with E-state index in [-0.39, 0.29) is 11.2 Å². The summed E-state index contributed by atoms with van der Waals surface area (Å²) < 4.78 is 9.76. The van der Waals surface area contributed by atoms with E-state index in [2.05, 4.69) is 14.9 Å². The van der Waals surface area contributed by atoms with Crippen LogP contribution in [0, 0.1) is 0 Å². The van der Waals surface area contributed by atoms with Crippen LogP contribution < -0.4 is 0 Å². The predicted molar refractivity (Wildman–Crippen MR) is 70.4 cm³/mol. The van der Waals surface area contributed by atoms with Gasteiger partial charge in [-0.25, -0.2) is 0 Å². The summed E-state index contributed by atoms with van der Waals surface area (Å²) in [5.41, 5.74) is 0.945. The lowest BCUT2D eigenvalue weighted by Crippen LogP contribution is -2.14. The Labute approximate surface area is 113 Å². The molecule has 1 atom stereocenters. The van der Waals surface area contributed by atoms with Gasteiger partial charge in [-0.05, 0) is 18.4 Å². The molecule has 0 radical (unpaired) electrons. The van der Waals surface area contributed by atoms with Gasteiger partial charge in [0.25, 0.3) is 0 Å². The summed E-state index contributed by atoms with van der Waals surface area (Å²) in [6.07, 6.45) is 0. The van der Waals surface area contributed by atoms with Crippen LogP contribution in [0.3, 0.4) is 0 Å². The van der Waals surface area contributed by atoms with Crippen LogP contribution in [-0.2, 0) is 15.3 Å². The van der Waals surface area contributed by atoms with Crippen LogP contribution in [0.25, 0.3) is 11.4 Å². The van der Waals surface area contributed by atoms with E-state index in [4.69, 9.17) is 4.52 Å². The maximum Gasteiger partial charge on any atom is 0.318 e. The van der Waals surface area contributed by atoms with Crippen molar-refractivity contribution in [1.82, 2.24) is 10.1 Å². The van der Waals surface area contributed by atoms with Crippen LogP contribution in [-0.4, -0.2) is 28.5 Å². The highest BCUT2D eigenvalue weighted by Gasteiger charge is 2.16. The Morgan fingerprint density at radius 3 is 3.17 bits per heavy atom. The molecular weight excluding hydrogens is 272 g/mol. The fraction of sp³-hybridized carbons (Fsp3) is 0.364. The van der Waals surface area contributed by atoms with Crippen molar-refractivity contribution in [2.75, 3.05) is 7.11 Å². The second-order valence-electron chi connectivity index (χ2n) is 3.50. The Balaban J connectivity index is 1.93. The molecule has 0 saturated carbocycles. The third-order valence-corrected chi connectivity index (χ3v) is 4.03. The standard InChI is InChI=1S/C11H12N2O3S2/c1-7(11(14)15-2)18-6-9-12-10(13-16-9)8-3-4-17-5-8/h3-5,7H,6H2,1-2H3. The molecule has 0 aliphatic rings. The van der Waals surface area contributed by atoms with E-state index < -0.39 is 0 Å². The smallest absolute Gasteiger partial charge is 0.318 e. The first-order valence-corrected chi connectivity index (χ1v) is 7.24. The third kappa shape index (κ3) is 3.11. The lowest BCUT2D eigenvalue weighted by atomic mass is 10.3. The van der Waals surface area contributed by atoms with Gasteiger partial charge >= 0.3 is 5.97 Å². The summed E-state index contributed by atoms with van der Waals surface area (Å²) in [5.74, 6) is 1.33. The molecule has 0 N–H and O–H groups in total. The van der Waals surface area contributed by atoms with Gasteiger partial charge in [-0.15, -0.1) is 11.8 Å². The van der Waals surface area contributed by atoms with E-state index in [0.717, 1.165) is 5.56 Å². The van der Waals surface area contributed by atoms with E-state index in [9.17, 15) is 4.79 Å². The monoisotopic (exact) mass is 284 g/mol. The molecule has 5 nitrogen and oxygen atoms in total. The quantitative estimate of drug-likeness (QED) is 0.786. The number of rotatable bonds is 5. The second-order valence-corrected chi connectivity index (χ2v) is 5.61. The zero-order chi connectivity index (χ0) is 13.0. The van der Waals surface area contributed by atoms with Gasteiger partial charge in [-0.3, -0.25) is 4.79 Å². The molecule has 18 heavy (non-hydrogen) atoms. The van der Waals surface area contributed by atoms with Crippen LogP contribution in [0.2, 0.25) is 0 Å². The van der Waals surface area contributed by atoms with Crippen molar-refractivity contribution in [3.63, 3.8) is 0 Å². The molecule has 0 saturated heterocycles. The second kappa shape index (κ2) is 6.01. The maximum absolute atomic E-state index is 11.2. The van der Waals surface area contributed by atoms with E-state index >= 15 is 0 Å².